The standard InChI is InChI=1S/C14H14ClNO2/c1-17-12-5-7-13(8-6-12)18-14-4-2-3-11(9-14)10-16-15/h2-9,16H,10H2,1H3. The molecule has 0 aromatic heterocycles. The summed E-state index contributed by atoms with van der Waals surface area (Å²) in [4.78, 5) is 2.59. The summed E-state index contributed by atoms with van der Waals surface area (Å²) in [6, 6.07) is 15.2. The van der Waals surface area contributed by atoms with Crippen molar-refractivity contribution < 1.29 is 9.47 Å². The third kappa shape index (κ3) is 3.39. The fraction of sp³-hybridized carbons (Fsp3) is 0.143. The molecular formula is C14H14ClNO2. The minimum Gasteiger partial charge on any atom is -0.497 e. The molecule has 0 spiro atoms. The Balaban J connectivity index is 2.09. The van der Waals surface area contributed by atoms with Gasteiger partial charge in [-0.15, -0.1) is 0 Å². The first-order valence-electron chi connectivity index (χ1n) is 5.56. The van der Waals surface area contributed by atoms with Crippen molar-refractivity contribution >= 4 is 11.8 Å². The molecule has 3 nitrogen and oxygen atoms in total. The van der Waals surface area contributed by atoms with Crippen molar-refractivity contribution in [2.24, 2.45) is 0 Å². The Kier molecular flexibility index (Phi) is 4.45. The van der Waals surface area contributed by atoms with Crippen molar-refractivity contribution in [3.05, 3.63) is 54.1 Å². The van der Waals surface area contributed by atoms with Crippen LogP contribution < -0.4 is 14.3 Å². The van der Waals surface area contributed by atoms with Crippen LogP contribution in [-0.4, -0.2) is 7.11 Å². The zero-order valence-electron chi connectivity index (χ0n) is 10.0. The van der Waals surface area contributed by atoms with Gasteiger partial charge in [-0.1, -0.05) is 12.1 Å². The zero-order chi connectivity index (χ0) is 12.8. The number of nitrogens with one attached hydrogen (secondary N) is 1. The van der Waals surface area contributed by atoms with E-state index in [9.17, 15) is 0 Å². The fourth-order valence-electron chi connectivity index (χ4n) is 1.58. The Bertz CT molecular complexity index is 499. The molecule has 0 radical (unpaired) electrons. The predicted octanol–water partition coefficient (Wildman–Crippen LogP) is 3.73. The highest BCUT2D eigenvalue weighted by Gasteiger charge is 1.99. The molecule has 0 aliphatic heterocycles. The Morgan fingerprint density at radius 1 is 1.00 bits per heavy atom. The fourth-order valence-corrected chi connectivity index (χ4v) is 1.73. The normalized spacial score (nSPS) is 10.1. The van der Waals surface area contributed by atoms with Crippen LogP contribution in [0.5, 0.6) is 17.2 Å². The smallest absolute Gasteiger partial charge is 0.127 e. The maximum absolute atomic E-state index is 5.74. The number of ether oxygens (including phenoxy) is 2. The van der Waals surface area contributed by atoms with Gasteiger partial charge >= 0.3 is 0 Å². The summed E-state index contributed by atoms with van der Waals surface area (Å²) in [5, 5.41) is 0. The van der Waals surface area contributed by atoms with Gasteiger partial charge in [0.1, 0.15) is 17.2 Å². The van der Waals surface area contributed by atoms with Gasteiger partial charge in [0.25, 0.3) is 0 Å². The second-order valence-corrected chi connectivity index (χ2v) is 4.00. The molecule has 0 saturated carbocycles. The molecular weight excluding hydrogens is 250 g/mol. The Labute approximate surface area is 111 Å². The van der Waals surface area contributed by atoms with E-state index in [1.54, 1.807) is 7.11 Å². The van der Waals surface area contributed by atoms with Crippen molar-refractivity contribution in [1.29, 1.82) is 0 Å². The van der Waals surface area contributed by atoms with Gasteiger partial charge < -0.3 is 9.47 Å². The van der Waals surface area contributed by atoms with Gasteiger partial charge in [0.2, 0.25) is 0 Å². The lowest BCUT2D eigenvalue weighted by Gasteiger charge is -2.08. The molecule has 0 aliphatic rings. The second kappa shape index (κ2) is 6.28. The van der Waals surface area contributed by atoms with Crippen LogP contribution in [0.4, 0.5) is 0 Å². The van der Waals surface area contributed by atoms with Crippen LogP contribution in [0.15, 0.2) is 48.5 Å². The first-order valence-corrected chi connectivity index (χ1v) is 5.94. The molecule has 0 amide bonds. The van der Waals surface area contributed by atoms with E-state index in [1.165, 1.54) is 0 Å². The van der Waals surface area contributed by atoms with Crippen molar-refractivity contribution in [2.75, 3.05) is 7.11 Å². The lowest BCUT2D eigenvalue weighted by molar-refractivity contribution is 0.413. The van der Waals surface area contributed by atoms with E-state index in [2.05, 4.69) is 4.84 Å². The van der Waals surface area contributed by atoms with E-state index in [-0.39, 0.29) is 0 Å². The summed E-state index contributed by atoms with van der Waals surface area (Å²) < 4.78 is 10.8. The first kappa shape index (κ1) is 12.7. The zero-order valence-corrected chi connectivity index (χ0v) is 10.8. The van der Waals surface area contributed by atoms with E-state index in [0.29, 0.717) is 6.54 Å². The molecule has 0 heterocycles. The van der Waals surface area contributed by atoms with Crippen molar-refractivity contribution in [3.8, 4) is 17.2 Å². The maximum atomic E-state index is 5.74. The van der Waals surface area contributed by atoms with Crippen LogP contribution in [0.3, 0.4) is 0 Å². The van der Waals surface area contributed by atoms with Crippen LogP contribution in [0.2, 0.25) is 0 Å². The SMILES string of the molecule is COc1ccc(Oc2cccc(CNCl)c2)cc1. The van der Waals surface area contributed by atoms with Crippen LogP contribution >= 0.6 is 11.8 Å². The number of rotatable bonds is 5. The molecule has 1 N–H and O–H groups in total. The third-order valence-corrected chi connectivity index (χ3v) is 2.60. The topological polar surface area (TPSA) is 30.5 Å². The number of hydrogen-bond donors (Lipinski definition) is 1. The quantitative estimate of drug-likeness (QED) is 0.834. The van der Waals surface area contributed by atoms with Crippen molar-refractivity contribution in [2.45, 2.75) is 6.54 Å². The van der Waals surface area contributed by atoms with Crippen LogP contribution in [-0.2, 0) is 6.54 Å². The van der Waals surface area contributed by atoms with Crippen molar-refractivity contribution in [1.82, 2.24) is 4.84 Å². The molecule has 0 saturated heterocycles. The summed E-state index contributed by atoms with van der Waals surface area (Å²) in [7, 11) is 1.64. The number of benzene rings is 2. The van der Waals surface area contributed by atoms with Gasteiger partial charge in [-0.3, -0.25) is 0 Å². The van der Waals surface area contributed by atoms with Crippen LogP contribution in [0.1, 0.15) is 5.56 Å². The second-order valence-electron chi connectivity index (χ2n) is 3.74. The lowest BCUT2D eigenvalue weighted by atomic mass is 10.2. The predicted molar refractivity (Wildman–Crippen MR) is 72.2 cm³/mol. The molecule has 94 valence electrons. The van der Waals surface area contributed by atoms with E-state index in [0.717, 1.165) is 22.8 Å². The van der Waals surface area contributed by atoms with Gasteiger partial charge in [0.05, 0.1) is 7.11 Å². The minimum atomic E-state index is 0.599. The number of hydrogen-bond acceptors (Lipinski definition) is 3. The molecule has 0 fully saturated rings. The summed E-state index contributed by atoms with van der Waals surface area (Å²) in [5.74, 6) is 2.36. The minimum absolute atomic E-state index is 0.599. The molecule has 18 heavy (non-hydrogen) atoms. The molecule has 4 heteroatoms. The Morgan fingerprint density at radius 2 is 1.72 bits per heavy atom. The third-order valence-electron chi connectivity index (χ3n) is 2.46. The highest BCUT2D eigenvalue weighted by atomic mass is 35.5. The van der Waals surface area contributed by atoms with Crippen molar-refractivity contribution in [3.63, 3.8) is 0 Å². The highest BCUT2D eigenvalue weighted by molar-refractivity contribution is 6.13. The van der Waals surface area contributed by atoms with Gasteiger partial charge in [-0.2, -0.15) is 0 Å². The summed E-state index contributed by atoms with van der Waals surface area (Å²) in [6.07, 6.45) is 0. The number of methoxy groups -OCH3 is 1. The Morgan fingerprint density at radius 3 is 2.39 bits per heavy atom. The Hall–Kier alpha value is -1.71. The van der Waals surface area contributed by atoms with E-state index >= 15 is 0 Å². The molecule has 0 atom stereocenters. The van der Waals surface area contributed by atoms with Gasteiger partial charge in [-0.05, 0) is 53.7 Å². The molecule has 0 bridgehead atoms. The monoisotopic (exact) mass is 263 g/mol. The molecule has 2 rings (SSSR count). The average Bonchev–Trinajstić information content (AvgIpc) is 2.40. The molecule has 0 unspecified atom stereocenters. The molecule has 2 aromatic carbocycles. The van der Waals surface area contributed by atoms with Crippen LogP contribution in [0.25, 0.3) is 0 Å². The number of halogens is 1. The maximum Gasteiger partial charge on any atom is 0.127 e. The van der Waals surface area contributed by atoms with E-state index in [1.807, 2.05) is 48.5 Å². The van der Waals surface area contributed by atoms with Gasteiger partial charge in [0, 0.05) is 6.54 Å². The van der Waals surface area contributed by atoms with Gasteiger partial charge in [0.15, 0.2) is 0 Å². The largest absolute Gasteiger partial charge is 0.497 e. The summed E-state index contributed by atoms with van der Waals surface area (Å²) in [5.41, 5.74) is 1.07. The summed E-state index contributed by atoms with van der Waals surface area (Å²) >= 11 is 5.48. The average molecular weight is 264 g/mol. The highest BCUT2D eigenvalue weighted by Crippen LogP contribution is 2.24. The first-order chi connectivity index (χ1) is 8.81. The van der Waals surface area contributed by atoms with Crippen LogP contribution in [0, 0.1) is 0 Å². The van der Waals surface area contributed by atoms with E-state index in [4.69, 9.17) is 21.3 Å². The lowest BCUT2D eigenvalue weighted by Crippen LogP contribution is -1.98. The van der Waals surface area contributed by atoms with Gasteiger partial charge in [-0.25, -0.2) is 4.84 Å². The molecule has 0 aliphatic carbocycles. The molecule has 2 aromatic rings. The summed E-state index contributed by atoms with van der Waals surface area (Å²) in [6.45, 7) is 0.599. The van der Waals surface area contributed by atoms with E-state index < -0.39 is 0 Å².